The molecular weight excluding hydrogens is 383 g/mol. The summed E-state index contributed by atoms with van der Waals surface area (Å²) in [7, 11) is 0. The highest BCUT2D eigenvalue weighted by atomic mass is 35.5. The maximum Gasteiger partial charge on any atom is 0.416 e. The molecule has 0 aliphatic heterocycles. The zero-order valence-corrected chi connectivity index (χ0v) is 15.1. The number of benzene rings is 2. The fraction of sp³-hybridized carbons (Fsp3) is 0.263. The number of hydrogen-bond donors (Lipinski definition) is 1. The van der Waals surface area contributed by atoms with Crippen LogP contribution in [0, 0.1) is 0 Å². The number of anilines is 1. The number of para-hydroxylation sites is 1. The molecule has 27 heavy (non-hydrogen) atoms. The van der Waals surface area contributed by atoms with Crippen molar-refractivity contribution < 1.29 is 27.9 Å². The molecule has 1 N–H and O–H groups in total. The Morgan fingerprint density at radius 2 is 1.81 bits per heavy atom. The minimum Gasteiger partial charge on any atom is -0.480 e. The first-order chi connectivity index (χ1) is 12.6. The van der Waals surface area contributed by atoms with Crippen molar-refractivity contribution >= 4 is 29.2 Å². The average molecular weight is 400 g/mol. The molecule has 1 amide bonds. The third kappa shape index (κ3) is 5.01. The second-order valence-corrected chi connectivity index (χ2v) is 6.26. The summed E-state index contributed by atoms with van der Waals surface area (Å²) >= 11 is 6.12. The van der Waals surface area contributed by atoms with Gasteiger partial charge in [-0.2, -0.15) is 13.2 Å². The van der Waals surface area contributed by atoms with Gasteiger partial charge in [-0.25, -0.2) is 4.79 Å². The van der Waals surface area contributed by atoms with Gasteiger partial charge in [0.15, 0.2) is 0 Å². The van der Waals surface area contributed by atoms with Crippen molar-refractivity contribution in [2.75, 3.05) is 4.90 Å². The smallest absolute Gasteiger partial charge is 0.416 e. The monoisotopic (exact) mass is 399 g/mol. The molecule has 0 heterocycles. The Bertz CT molecular complexity index is 839. The van der Waals surface area contributed by atoms with Gasteiger partial charge in [0, 0.05) is 0 Å². The lowest BCUT2D eigenvalue weighted by Gasteiger charge is -2.29. The number of alkyl halides is 3. The number of halogens is 4. The Balaban J connectivity index is 2.40. The predicted molar refractivity (Wildman–Crippen MR) is 95.8 cm³/mol. The van der Waals surface area contributed by atoms with Gasteiger partial charge in [-0.05, 0) is 30.2 Å². The van der Waals surface area contributed by atoms with Gasteiger partial charge in [0.25, 0.3) is 0 Å². The summed E-state index contributed by atoms with van der Waals surface area (Å²) in [6.07, 6.45) is -4.82. The summed E-state index contributed by atoms with van der Waals surface area (Å²) in [4.78, 5) is 25.5. The molecule has 8 heteroatoms. The molecule has 0 aliphatic rings. The number of nitrogens with zero attached hydrogens (tertiary/aromatic N) is 1. The number of carboxylic acid groups (broad SMARTS) is 1. The van der Waals surface area contributed by atoms with Crippen LogP contribution in [-0.4, -0.2) is 23.0 Å². The van der Waals surface area contributed by atoms with E-state index in [9.17, 15) is 27.9 Å². The molecule has 2 rings (SSSR count). The molecule has 2 aromatic carbocycles. The standard InChI is InChI=1S/C19H17ClF3NO3/c1-2-15(18(26)27)24(16-9-4-3-8-14(16)20)17(25)11-12-6-5-7-13(10-12)19(21,22)23/h3-10,15H,2,11H2,1H3,(H,26,27). The van der Waals surface area contributed by atoms with Crippen LogP contribution < -0.4 is 4.90 Å². The van der Waals surface area contributed by atoms with Gasteiger partial charge in [-0.15, -0.1) is 0 Å². The topological polar surface area (TPSA) is 57.6 Å². The molecule has 0 saturated heterocycles. The van der Waals surface area contributed by atoms with Crippen LogP contribution in [0.25, 0.3) is 0 Å². The molecule has 0 aromatic heterocycles. The molecule has 4 nitrogen and oxygen atoms in total. The van der Waals surface area contributed by atoms with Crippen LogP contribution >= 0.6 is 11.6 Å². The number of carbonyl (C=O) groups is 2. The summed E-state index contributed by atoms with van der Waals surface area (Å²) < 4.78 is 38.6. The highest BCUT2D eigenvalue weighted by Crippen LogP contribution is 2.31. The largest absolute Gasteiger partial charge is 0.480 e. The Morgan fingerprint density at radius 1 is 1.15 bits per heavy atom. The third-order valence-corrected chi connectivity index (χ3v) is 4.29. The number of amides is 1. The number of hydrogen-bond acceptors (Lipinski definition) is 2. The van der Waals surface area contributed by atoms with E-state index in [0.29, 0.717) is 0 Å². The minimum absolute atomic E-state index is 0.106. The van der Waals surface area contributed by atoms with Gasteiger partial charge < -0.3 is 5.11 Å². The van der Waals surface area contributed by atoms with Crippen LogP contribution in [0.5, 0.6) is 0 Å². The molecule has 1 atom stereocenters. The lowest BCUT2D eigenvalue weighted by molar-refractivity contribution is -0.140. The van der Waals surface area contributed by atoms with Gasteiger partial charge in [0.05, 0.1) is 22.7 Å². The first kappa shape index (κ1) is 20.8. The molecule has 1 unspecified atom stereocenters. The van der Waals surface area contributed by atoms with E-state index in [1.54, 1.807) is 19.1 Å². The van der Waals surface area contributed by atoms with Gasteiger partial charge in [0.1, 0.15) is 6.04 Å². The van der Waals surface area contributed by atoms with E-state index >= 15 is 0 Å². The van der Waals surface area contributed by atoms with Crippen molar-refractivity contribution in [3.63, 3.8) is 0 Å². The van der Waals surface area contributed by atoms with Crippen LogP contribution in [0.3, 0.4) is 0 Å². The average Bonchev–Trinajstić information content (AvgIpc) is 2.59. The second-order valence-electron chi connectivity index (χ2n) is 5.85. The molecule has 0 aliphatic carbocycles. The number of aliphatic carboxylic acids is 1. The zero-order valence-electron chi connectivity index (χ0n) is 14.3. The number of carbonyl (C=O) groups excluding carboxylic acids is 1. The van der Waals surface area contributed by atoms with Crippen LogP contribution in [-0.2, 0) is 22.2 Å². The van der Waals surface area contributed by atoms with Crippen LogP contribution in [0.2, 0.25) is 5.02 Å². The van der Waals surface area contributed by atoms with Crippen LogP contribution in [0.1, 0.15) is 24.5 Å². The van der Waals surface area contributed by atoms with Gasteiger partial charge in [-0.1, -0.05) is 48.9 Å². The summed E-state index contributed by atoms with van der Waals surface area (Å²) in [6.45, 7) is 1.60. The van der Waals surface area contributed by atoms with E-state index in [1.807, 2.05) is 0 Å². The van der Waals surface area contributed by atoms with E-state index in [0.717, 1.165) is 17.0 Å². The van der Waals surface area contributed by atoms with Crippen LogP contribution in [0.4, 0.5) is 18.9 Å². The molecule has 0 fully saturated rings. The normalized spacial score (nSPS) is 12.5. The number of carboxylic acids is 1. The van der Waals surface area contributed by atoms with Gasteiger partial charge in [0.2, 0.25) is 5.91 Å². The maximum atomic E-state index is 12.9. The molecule has 0 bridgehead atoms. The molecule has 0 spiro atoms. The van der Waals surface area contributed by atoms with Crippen molar-refractivity contribution in [2.45, 2.75) is 32.0 Å². The van der Waals surface area contributed by atoms with Crippen molar-refractivity contribution in [1.82, 2.24) is 0 Å². The predicted octanol–water partition coefficient (Wildman–Crippen LogP) is 4.80. The zero-order chi connectivity index (χ0) is 20.2. The summed E-state index contributed by atoms with van der Waals surface area (Å²) in [6, 6.07) is 9.43. The molecular formula is C19H17ClF3NO3. The summed E-state index contributed by atoms with van der Waals surface area (Å²) in [5, 5.41) is 9.65. The quantitative estimate of drug-likeness (QED) is 0.759. The fourth-order valence-corrected chi connectivity index (χ4v) is 2.93. The Morgan fingerprint density at radius 3 is 2.37 bits per heavy atom. The van der Waals surface area contributed by atoms with Gasteiger partial charge >= 0.3 is 12.1 Å². The van der Waals surface area contributed by atoms with E-state index in [4.69, 9.17) is 11.6 Å². The first-order valence-electron chi connectivity index (χ1n) is 8.10. The Kier molecular flexibility index (Phi) is 6.49. The van der Waals surface area contributed by atoms with Crippen molar-refractivity contribution in [3.8, 4) is 0 Å². The lowest BCUT2D eigenvalue weighted by atomic mass is 10.1. The molecule has 0 saturated carbocycles. The first-order valence-corrected chi connectivity index (χ1v) is 8.48. The fourth-order valence-electron chi connectivity index (χ4n) is 2.71. The van der Waals surface area contributed by atoms with Crippen molar-refractivity contribution in [2.24, 2.45) is 0 Å². The Hall–Kier alpha value is -2.54. The minimum atomic E-state index is -4.53. The Labute approximate surface area is 159 Å². The van der Waals surface area contributed by atoms with Crippen molar-refractivity contribution in [1.29, 1.82) is 0 Å². The molecule has 144 valence electrons. The second kappa shape index (κ2) is 8.43. The maximum absolute atomic E-state index is 12.9. The van der Waals surface area contributed by atoms with E-state index in [2.05, 4.69) is 0 Å². The molecule has 0 radical (unpaired) electrons. The highest BCUT2D eigenvalue weighted by molar-refractivity contribution is 6.34. The van der Waals surface area contributed by atoms with Gasteiger partial charge in [-0.3, -0.25) is 9.69 Å². The SMILES string of the molecule is CCC(C(=O)O)N(C(=O)Cc1cccc(C(F)(F)F)c1)c1ccccc1Cl. The van der Waals surface area contributed by atoms with E-state index < -0.39 is 29.7 Å². The van der Waals surface area contributed by atoms with Crippen LogP contribution in [0.15, 0.2) is 48.5 Å². The lowest BCUT2D eigenvalue weighted by Crippen LogP contribution is -2.46. The van der Waals surface area contributed by atoms with E-state index in [-0.39, 0.29) is 29.1 Å². The summed E-state index contributed by atoms with van der Waals surface area (Å²) in [5.74, 6) is -1.88. The highest BCUT2D eigenvalue weighted by Gasteiger charge is 2.33. The summed E-state index contributed by atoms with van der Waals surface area (Å²) in [5.41, 5.74) is -0.542. The molecule has 2 aromatic rings. The van der Waals surface area contributed by atoms with Crippen molar-refractivity contribution in [3.05, 3.63) is 64.7 Å². The van der Waals surface area contributed by atoms with E-state index in [1.165, 1.54) is 24.3 Å². The number of rotatable bonds is 6. The third-order valence-electron chi connectivity index (χ3n) is 3.97.